The third kappa shape index (κ3) is 10.4. The van der Waals surface area contributed by atoms with Crippen molar-refractivity contribution in [2.75, 3.05) is 33.7 Å². The summed E-state index contributed by atoms with van der Waals surface area (Å²) in [6.45, 7) is 8.84. The van der Waals surface area contributed by atoms with Crippen LogP contribution in [0.4, 0.5) is 0 Å². The number of benzene rings is 1. The molecule has 0 aliphatic rings. The van der Waals surface area contributed by atoms with Crippen LogP contribution in [0.1, 0.15) is 32.8 Å². The van der Waals surface area contributed by atoms with E-state index in [0.29, 0.717) is 5.96 Å². The van der Waals surface area contributed by atoms with Gasteiger partial charge in [-0.1, -0.05) is 30.3 Å². The highest BCUT2D eigenvalue weighted by molar-refractivity contribution is 5.86. The van der Waals surface area contributed by atoms with Crippen molar-refractivity contribution < 1.29 is 4.79 Å². The third-order valence-corrected chi connectivity index (χ3v) is 3.46. The zero-order valence-electron chi connectivity index (χ0n) is 16.2. The van der Waals surface area contributed by atoms with Crippen LogP contribution < -0.4 is 16.0 Å². The highest BCUT2D eigenvalue weighted by atomic mass is 16.2. The fraction of sp³-hybridized carbons (Fsp3) is 0.579. The number of aliphatic imine (C=N–C) groups is 1. The van der Waals surface area contributed by atoms with Gasteiger partial charge in [0.05, 0.1) is 6.54 Å². The van der Waals surface area contributed by atoms with Gasteiger partial charge in [0.15, 0.2) is 5.96 Å². The van der Waals surface area contributed by atoms with Crippen molar-refractivity contribution in [3.8, 4) is 0 Å². The van der Waals surface area contributed by atoms with Crippen molar-refractivity contribution in [1.82, 2.24) is 20.9 Å². The largest absolute Gasteiger partial charge is 0.356 e. The Balaban J connectivity index is 2.19. The van der Waals surface area contributed by atoms with Gasteiger partial charge < -0.3 is 20.9 Å². The number of guanidine groups is 1. The van der Waals surface area contributed by atoms with E-state index >= 15 is 0 Å². The molecule has 0 radical (unpaired) electrons. The molecule has 1 rings (SSSR count). The second-order valence-electron chi connectivity index (χ2n) is 7.23. The predicted molar refractivity (Wildman–Crippen MR) is 105 cm³/mol. The Bertz CT molecular complexity index is 536. The van der Waals surface area contributed by atoms with E-state index in [-0.39, 0.29) is 18.0 Å². The molecule has 0 aliphatic carbocycles. The summed E-state index contributed by atoms with van der Waals surface area (Å²) in [5.41, 5.74) is 1.10. The Morgan fingerprint density at radius 1 is 1.16 bits per heavy atom. The first-order chi connectivity index (χ1) is 11.8. The van der Waals surface area contributed by atoms with Gasteiger partial charge >= 0.3 is 0 Å². The Hall–Kier alpha value is -2.08. The Morgan fingerprint density at radius 3 is 2.44 bits per heavy atom. The Morgan fingerprint density at radius 2 is 1.84 bits per heavy atom. The van der Waals surface area contributed by atoms with Crippen LogP contribution in [-0.2, 0) is 11.3 Å². The monoisotopic (exact) mass is 347 g/mol. The van der Waals surface area contributed by atoms with E-state index < -0.39 is 0 Å². The lowest BCUT2D eigenvalue weighted by Gasteiger charge is -2.21. The lowest BCUT2D eigenvalue weighted by molar-refractivity contribution is -0.121. The van der Waals surface area contributed by atoms with Crippen LogP contribution in [0.2, 0.25) is 0 Å². The van der Waals surface area contributed by atoms with E-state index in [0.717, 1.165) is 26.1 Å². The van der Waals surface area contributed by atoms with Crippen molar-refractivity contribution in [3.63, 3.8) is 0 Å². The van der Waals surface area contributed by atoms with Crippen LogP contribution in [0.5, 0.6) is 0 Å². The van der Waals surface area contributed by atoms with E-state index in [9.17, 15) is 4.79 Å². The summed E-state index contributed by atoms with van der Waals surface area (Å²) in [6, 6.07) is 10.5. The molecule has 0 atom stereocenters. The summed E-state index contributed by atoms with van der Waals surface area (Å²) in [6.07, 6.45) is 0.998. The van der Waals surface area contributed by atoms with Crippen molar-refractivity contribution in [2.24, 2.45) is 4.99 Å². The molecule has 0 unspecified atom stereocenters. The minimum atomic E-state index is -0.223. The molecule has 3 N–H and O–H groups in total. The molecule has 6 nitrogen and oxygen atoms in total. The topological polar surface area (TPSA) is 68.8 Å². The third-order valence-electron chi connectivity index (χ3n) is 3.46. The molecule has 1 aromatic rings. The van der Waals surface area contributed by atoms with Gasteiger partial charge in [-0.25, -0.2) is 0 Å². The molecule has 140 valence electrons. The molecule has 0 saturated carbocycles. The number of hydrogen-bond donors (Lipinski definition) is 3. The highest BCUT2D eigenvalue weighted by Gasteiger charge is 2.13. The number of nitrogens with zero attached hydrogens (tertiary/aromatic N) is 2. The van der Waals surface area contributed by atoms with E-state index in [1.807, 2.05) is 26.8 Å². The number of carbonyl (C=O) groups is 1. The minimum absolute atomic E-state index is 0.0435. The molecule has 0 bridgehead atoms. The number of hydrogen-bond acceptors (Lipinski definition) is 3. The van der Waals surface area contributed by atoms with Crippen LogP contribution >= 0.6 is 0 Å². The molecular weight excluding hydrogens is 314 g/mol. The van der Waals surface area contributed by atoms with Gasteiger partial charge in [-0.05, 0) is 46.3 Å². The summed E-state index contributed by atoms with van der Waals surface area (Å²) < 4.78 is 0. The minimum Gasteiger partial charge on any atom is -0.356 e. The van der Waals surface area contributed by atoms with Gasteiger partial charge in [0.1, 0.15) is 0 Å². The lowest BCUT2D eigenvalue weighted by atomic mass is 10.1. The Kier molecular flexibility index (Phi) is 8.99. The number of carbonyl (C=O) groups excluding carboxylic acids is 1. The zero-order valence-corrected chi connectivity index (χ0v) is 16.2. The molecule has 0 heterocycles. The van der Waals surface area contributed by atoms with Gasteiger partial charge in [0.2, 0.25) is 5.91 Å². The van der Waals surface area contributed by atoms with E-state index in [1.54, 1.807) is 7.05 Å². The maximum absolute atomic E-state index is 11.8. The van der Waals surface area contributed by atoms with Crippen molar-refractivity contribution in [3.05, 3.63) is 35.9 Å². The predicted octanol–water partition coefficient (Wildman–Crippen LogP) is 1.59. The summed E-state index contributed by atoms with van der Waals surface area (Å²) in [4.78, 5) is 18.2. The van der Waals surface area contributed by atoms with Crippen LogP contribution in [0, 0.1) is 0 Å². The van der Waals surface area contributed by atoms with Crippen LogP contribution in [-0.4, -0.2) is 56.0 Å². The molecule has 25 heavy (non-hydrogen) atoms. The summed E-state index contributed by atoms with van der Waals surface area (Å²) in [5.74, 6) is 0.604. The normalized spacial score (nSPS) is 12.2. The number of amides is 1. The summed E-state index contributed by atoms with van der Waals surface area (Å²) in [5, 5.41) is 9.19. The average Bonchev–Trinajstić information content (AvgIpc) is 2.53. The first-order valence-electron chi connectivity index (χ1n) is 8.78. The molecular formula is C19H33N5O. The van der Waals surface area contributed by atoms with Gasteiger partial charge in [0, 0.05) is 25.7 Å². The first-order valence-corrected chi connectivity index (χ1v) is 8.78. The Labute approximate surface area is 152 Å². The van der Waals surface area contributed by atoms with E-state index in [1.165, 1.54) is 5.56 Å². The average molecular weight is 348 g/mol. The quantitative estimate of drug-likeness (QED) is 0.379. The lowest BCUT2D eigenvalue weighted by Crippen LogP contribution is -2.48. The standard InChI is InChI=1S/C19H33N5O/c1-19(2,3)23-17(25)14-22-18(20-4)21-12-9-13-24(5)15-16-10-7-6-8-11-16/h6-8,10-11H,9,12-15H2,1-5H3,(H,23,25)(H2,20,21,22). The van der Waals surface area contributed by atoms with Gasteiger partial charge in [-0.15, -0.1) is 0 Å². The van der Waals surface area contributed by atoms with Crippen molar-refractivity contribution in [2.45, 2.75) is 39.3 Å². The van der Waals surface area contributed by atoms with Crippen LogP contribution in [0.3, 0.4) is 0 Å². The second kappa shape index (κ2) is 10.7. The van der Waals surface area contributed by atoms with Gasteiger partial charge in [0.25, 0.3) is 0 Å². The molecule has 1 aromatic carbocycles. The number of nitrogens with one attached hydrogen (secondary N) is 3. The molecule has 0 aliphatic heterocycles. The first kappa shape index (κ1) is 21.0. The van der Waals surface area contributed by atoms with E-state index in [4.69, 9.17) is 0 Å². The van der Waals surface area contributed by atoms with Gasteiger partial charge in [-0.2, -0.15) is 0 Å². The maximum atomic E-state index is 11.8. The molecule has 0 spiro atoms. The van der Waals surface area contributed by atoms with Crippen LogP contribution in [0.25, 0.3) is 0 Å². The zero-order chi connectivity index (χ0) is 18.7. The maximum Gasteiger partial charge on any atom is 0.239 e. The fourth-order valence-corrected chi connectivity index (χ4v) is 2.38. The fourth-order valence-electron chi connectivity index (χ4n) is 2.38. The SMILES string of the molecule is CN=C(NCCCN(C)Cc1ccccc1)NCC(=O)NC(C)(C)C. The second-order valence-corrected chi connectivity index (χ2v) is 7.23. The molecule has 6 heteroatoms. The molecule has 0 fully saturated rings. The molecule has 0 aromatic heterocycles. The molecule has 1 amide bonds. The highest BCUT2D eigenvalue weighted by Crippen LogP contribution is 2.02. The number of rotatable bonds is 8. The molecule has 0 saturated heterocycles. The van der Waals surface area contributed by atoms with E-state index in [2.05, 4.69) is 57.2 Å². The smallest absolute Gasteiger partial charge is 0.239 e. The summed E-state index contributed by atoms with van der Waals surface area (Å²) >= 11 is 0. The van der Waals surface area contributed by atoms with Crippen molar-refractivity contribution in [1.29, 1.82) is 0 Å². The van der Waals surface area contributed by atoms with Crippen molar-refractivity contribution >= 4 is 11.9 Å². The van der Waals surface area contributed by atoms with Gasteiger partial charge in [-0.3, -0.25) is 9.79 Å². The van der Waals surface area contributed by atoms with Crippen LogP contribution in [0.15, 0.2) is 35.3 Å². The summed E-state index contributed by atoms with van der Waals surface area (Å²) in [7, 11) is 3.83.